The molecule has 0 aliphatic heterocycles. The molecule has 0 heterocycles. The summed E-state index contributed by atoms with van der Waals surface area (Å²) >= 11 is 0. The van der Waals surface area contributed by atoms with E-state index in [9.17, 15) is 14.9 Å². The van der Waals surface area contributed by atoms with Gasteiger partial charge in [-0.3, -0.25) is 14.9 Å². The summed E-state index contributed by atoms with van der Waals surface area (Å²) in [5.74, 6) is -0.186. The lowest BCUT2D eigenvalue weighted by molar-refractivity contribution is -0.385. The van der Waals surface area contributed by atoms with Crippen LogP contribution in [-0.4, -0.2) is 16.9 Å². The van der Waals surface area contributed by atoms with E-state index in [1.165, 1.54) is 6.07 Å². The summed E-state index contributed by atoms with van der Waals surface area (Å²) in [5, 5.41) is 13.5. The molecular weight excluding hydrogens is 220 g/mol. The van der Waals surface area contributed by atoms with E-state index in [1.807, 2.05) is 13.8 Å². The molecule has 1 amide bonds. The second-order valence-electron chi connectivity index (χ2n) is 3.94. The Balaban J connectivity index is 2.74. The molecule has 1 aromatic carbocycles. The van der Waals surface area contributed by atoms with Crippen LogP contribution in [0.3, 0.4) is 0 Å². The second-order valence-corrected chi connectivity index (χ2v) is 3.94. The molecule has 1 aromatic rings. The Morgan fingerprint density at radius 3 is 2.71 bits per heavy atom. The zero-order valence-electron chi connectivity index (χ0n) is 9.97. The van der Waals surface area contributed by atoms with Crippen molar-refractivity contribution in [1.82, 2.24) is 5.32 Å². The van der Waals surface area contributed by atoms with Crippen molar-refractivity contribution in [3.8, 4) is 0 Å². The summed E-state index contributed by atoms with van der Waals surface area (Å²) in [6.45, 7) is 3.87. The number of nitro groups is 1. The molecule has 0 fully saturated rings. The summed E-state index contributed by atoms with van der Waals surface area (Å²) in [6.07, 6.45) is 0.879. The SMILES string of the molecule is CC[C@H](C)NC(=O)Cc1ccccc1[N+](=O)[O-]. The lowest BCUT2D eigenvalue weighted by atomic mass is 10.1. The number of hydrogen-bond acceptors (Lipinski definition) is 3. The van der Waals surface area contributed by atoms with Crippen molar-refractivity contribution >= 4 is 11.6 Å². The quantitative estimate of drug-likeness (QED) is 0.628. The van der Waals surface area contributed by atoms with Gasteiger partial charge in [-0.25, -0.2) is 0 Å². The fraction of sp³-hybridized carbons (Fsp3) is 0.417. The number of nitrogens with zero attached hydrogens (tertiary/aromatic N) is 1. The number of nitro benzene ring substituents is 1. The van der Waals surface area contributed by atoms with Crippen molar-refractivity contribution in [1.29, 1.82) is 0 Å². The number of carbonyl (C=O) groups excluding carboxylic acids is 1. The number of rotatable bonds is 5. The van der Waals surface area contributed by atoms with E-state index in [4.69, 9.17) is 0 Å². The van der Waals surface area contributed by atoms with Crippen LogP contribution in [-0.2, 0) is 11.2 Å². The molecular formula is C12H16N2O3. The van der Waals surface area contributed by atoms with Gasteiger partial charge in [0.2, 0.25) is 5.91 Å². The zero-order chi connectivity index (χ0) is 12.8. The van der Waals surface area contributed by atoms with Crippen LogP contribution in [0.4, 0.5) is 5.69 Å². The smallest absolute Gasteiger partial charge is 0.273 e. The molecule has 5 nitrogen and oxygen atoms in total. The first-order valence-corrected chi connectivity index (χ1v) is 5.56. The largest absolute Gasteiger partial charge is 0.353 e. The van der Waals surface area contributed by atoms with E-state index >= 15 is 0 Å². The molecule has 0 aliphatic rings. The Labute approximate surface area is 100.0 Å². The maximum absolute atomic E-state index is 11.6. The molecule has 0 saturated carbocycles. The molecule has 0 radical (unpaired) electrons. The van der Waals surface area contributed by atoms with Gasteiger partial charge in [0.05, 0.1) is 11.3 Å². The summed E-state index contributed by atoms with van der Waals surface area (Å²) in [7, 11) is 0. The van der Waals surface area contributed by atoms with Crippen molar-refractivity contribution in [2.45, 2.75) is 32.7 Å². The number of para-hydroxylation sites is 1. The van der Waals surface area contributed by atoms with Crippen LogP contribution in [0.5, 0.6) is 0 Å². The Morgan fingerprint density at radius 2 is 2.12 bits per heavy atom. The van der Waals surface area contributed by atoms with Gasteiger partial charge >= 0.3 is 0 Å². The number of hydrogen-bond donors (Lipinski definition) is 1. The first-order valence-electron chi connectivity index (χ1n) is 5.56. The highest BCUT2D eigenvalue weighted by Crippen LogP contribution is 2.17. The topological polar surface area (TPSA) is 72.2 Å². The fourth-order valence-corrected chi connectivity index (χ4v) is 1.44. The van der Waals surface area contributed by atoms with E-state index in [1.54, 1.807) is 18.2 Å². The third-order valence-electron chi connectivity index (χ3n) is 2.56. The minimum Gasteiger partial charge on any atom is -0.353 e. The predicted molar refractivity (Wildman–Crippen MR) is 64.7 cm³/mol. The first kappa shape index (κ1) is 13.2. The van der Waals surface area contributed by atoms with Crippen LogP contribution in [0.15, 0.2) is 24.3 Å². The summed E-state index contributed by atoms with van der Waals surface area (Å²) < 4.78 is 0. The molecule has 1 atom stereocenters. The predicted octanol–water partition coefficient (Wildman–Crippen LogP) is 2.05. The van der Waals surface area contributed by atoms with Crippen LogP contribution in [0.25, 0.3) is 0 Å². The molecule has 0 spiro atoms. The standard InChI is InChI=1S/C12H16N2O3/c1-3-9(2)13-12(15)8-10-6-4-5-7-11(10)14(16)17/h4-7,9H,3,8H2,1-2H3,(H,13,15)/t9-/m0/s1. The van der Waals surface area contributed by atoms with Crippen molar-refractivity contribution in [3.63, 3.8) is 0 Å². The number of benzene rings is 1. The van der Waals surface area contributed by atoms with Crippen molar-refractivity contribution in [3.05, 3.63) is 39.9 Å². The molecule has 17 heavy (non-hydrogen) atoms. The van der Waals surface area contributed by atoms with E-state index in [0.717, 1.165) is 6.42 Å². The molecule has 1 rings (SSSR count). The average Bonchev–Trinajstić information content (AvgIpc) is 2.29. The fourth-order valence-electron chi connectivity index (χ4n) is 1.44. The first-order chi connectivity index (χ1) is 8.04. The van der Waals surface area contributed by atoms with Crippen LogP contribution in [0, 0.1) is 10.1 Å². The molecule has 0 saturated heterocycles. The Kier molecular flexibility index (Phi) is 4.63. The molecule has 0 aliphatic carbocycles. The molecule has 0 aromatic heterocycles. The normalized spacial score (nSPS) is 11.9. The highest BCUT2D eigenvalue weighted by atomic mass is 16.6. The van der Waals surface area contributed by atoms with Gasteiger partial charge in [0.25, 0.3) is 5.69 Å². The van der Waals surface area contributed by atoms with Gasteiger partial charge in [0, 0.05) is 17.7 Å². The maximum Gasteiger partial charge on any atom is 0.273 e. The van der Waals surface area contributed by atoms with E-state index in [0.29, 0.717) is 5.56 Å². The van der Waals surface area contributed by atoms with Crippen molar-refractivity contribution in [2.24, 2.45) is 0 Å². The van der Waals surface area contributed by atoms with Gasteiger partial charge in [-0.1, -0.05) is 25.1 Å². The van der Waals surface area contributed by atoms with Crippen molar-refractivity contribution in [2.75, 3.05) is 0 Å². The highest BCUT2D eigenvalue weighted by molar-refractivity contribution is 5.79. The highest BCUT2D eigenvalue weighted by Gasteiger charge is 2.15. The van der Waals surface area contributed by atoms with E-state index in [2.05, 4.69) is 5.32 Å². The molecule has 1 N–H and O–H groups in total. The number of carbonyl (C=O) groups is 1. The number of nitrogens with one attached hydrogen (secondary N) is 1. The zero-order valence-corrected chi connectivity index (χ0v) is 9.97. The van der Waals surface area contributed by atoms with Crippen LogP contribution < -0.4 is 5.32 Å². The van der Waals surface area contributed by atoms with Crippen LogP contribution in [0.2, 0.25) is 0 Å². The van der Waals surface area contributed by atoms with Gasteiger partial charge in [-0.05, 0) is 13.3 Å². The van der Waals surface area contributed by atoms with Gasteiger partial charge in [0.15, 0.2) is 0 Å². The summed E-state index contributed by atoms with van der Waals surface area (Å²) in [4.78, 5) is 21.9. The second kappa shape index (κ2) is 5.98. The Hall–Kier alpha value is -1.91. The molecule has 5 heteroatoms. The molecule has 92 valence electrons. The Bertz CT molecular complexity index is 418. The Morgan fingerprint density at radius 1 is 1.47 bits per heavy atom. The third kappa shape index (κ3) is 3.86. The summed E-state index contributed by atoms with van der Waals surface area (Å²) in [6, 6.07) is 6.39. The van der Waals surface area contributed by atoms with Crippen molar-refractivity contribution < 1.29 is 9.72 Å². The summed E-state index contributed by atoms with van der Waals surface area (Å²) in [5.41, 5.74) is 0.435. The lowest BCUT2D eigenvalue weighted by Crippen LogP contribution is -2.33. The minimum absolute atomic E-state index is 0.00759. The third-order valence-corrected chi connectivity index (χ3v) is 2.56. The van der Waals surface area contributed by atoms with Crippen LogP contribution in [0.1, 0.15) is 25.8 Å². The van der Waals surface area contributed by atoms with E-state index in [-0.39, 0.29) is 24.1 Å². The van der Waals surface area contributed by atoms with E-state index < -0.39 is 4.92 Å². The van der Waals surface area contributed by atoms with Gasteiger partial charge in [-0.2, -0.15) is 0 Å². The monoisotopic (exact) mass is 236 g/mol. The van der Waals surface area contributed by atoms with Gasteiger partial charge < -0.3 is 5.32 Å². The molecule has 0 unspecified atom stereocenters. The van der Waals surface area contributed by atoms with Crippen LogP contribution >= 0.6 is 0 Å². The molecule has 0 bridgehead atoms. The van der Waals surface area contributed by atoms with Gasteiger partial charge in [-0.15, -0.1) is 0 Å². The average molecular weight is 236 g/mol. The van der Waals surface area contributed by atoms with Gasteiger partial charge in [0.1, 0.15) is 0 Å². The lowest BCUT2D eigenvalue weighted by Gasteiger charge is -2.11. The number of amides is 1. The minimum atomic E-state index is -0.466. The maximum atomic E-state index is 11.6.